The van der Waals surface area contributed by atoms with Crippen molar-refractivity contribution in [1.29, 1.82) is 0 Å². The SMILES string of the molecule is CC(C)[C@H](NC(=O)c1ccccc1Br)C(=O)OCC(=O)NNC(=O)c1cccc([N+](=O)[O-])c1. The Kier molecular flexibility index (Phi) is 9.04. The molecule has 0 radical (unpaired) electrons. The van der Waals surface area contributed by atoms with E-state index in [2.05, 4.69) is 26.7 Å². The van der Waals surface area contributed by atoms with Crippen molar-refractivity contribution < 1.29 is 28.8 Å². The normalized spacial score (nSPS) is 11.3. The largest absolute Gasteiger partial charge is 0.454 e. The Morgan fingerprint density at radius 1 is 1.03 bits per heavy atom. The minimum atomic E-state index is -1.02. The molecule has 0 unspecified atom stereocenters. The molecule has 3 amide bonds. The molecule has 33 heavy (non-hydrogen) atoms. The van der Waals surface area contributed by atoms with Crippen LogP contribution in [0.5, 0.6) is 0 Å². The van der Waals surface area contributed by atoms with Gasteiger partial charge in [0.25, 0.3) is 23.4 Å². The highest BCUT2D eigenvalue weighted by atomic mass is 79.9. The number of rotatable bonds is 8. The molecule has 1 atom stereocenters. The third kappa shape index (κ3) is 7.38. The maximum atomic E-state index is 12.5. The van der Waals surface area contributed by atoms with Gasteiger partial charge in [-0.3, -0.25) is 35.3 Å². The van der Waals surface area contributed by atoms with Crippen LogP contribution in [0.25, 0.3) is 0 Å². The summed E-state index contributed by atoms with van der Waals surface area (Å²) in [6.07, 6.45) is 0. The van der Waals surface area contributed by atoms with Crippen molar-refractivity contribution >= 4 is 45.3 Å². The van der Waals surface area contributed by atoms with Gasteiger partial charge in [-0.1, -0.05) is 32.0 Å². The molecular formula is C21H21BrN4O7. The van der Waals surface area contributed by atoms with E-state index in [-0.39, 0.29) is 17.2 Å². The summed E-state index contributed by atoms with van der Waals surface area (Å²) < 4.78 is 5.52. The Labute approximate surface area is 197 Å². The highest BCUT2D eigenvalue weighted by Gasteiger charge is 2.27. The molecule has 3 N–H and O–H groups in total. The van der Waals surface area contributed by atoms with Crippen LogP contribution in [0.2, 0.25) is 0 Å². The Morgan fingerprint density at radius 3 is 2.36 bits per heavy atom. The zero-order valence-corrected chi connectivity index (χ0v) is 19.2. The van der Waals surface area contributed by atoms with Crippen molar-refractivity contribution in [3.63, 3.8) is 0 Å². The van der Waals surface area contributed by atoms with Crippen LogP contribution in [0.3, 0.4) is 0 Å². The Balaban J connectivity index is 1.88. The molecule has 0 fully saturated rings. The molecule has 0 saturated carbocycles. The lowest BCUT2D eigenvalue weighted by Gasteiger charge is -2.21. The summed E-state index contributed by atoms with van der Waals surface area (Å²) in [5, 5.41) is 13.4. The zero-order valence-electron chi connectivity index (χ0n) is 17.7. The number of nitrogens with zero attached hydrogens (tertiary/aromatic N) is 1. The summed E-state index contributed by atoms with van der Waals surface area (Å²) in [5.41, 5.74) is 4.12. The van der Waals surface area contributed by atoms with Crippen molar-refractivity contribution in [2.75, 3.05) is 6.61 Å². The summed E-state index contributed by atoms with van der Waals surface area (Å²) in [6.45, 7) is 2.68. The summed E-state index contributed by atoms with van der Waals surface area (Å²) in [4.78, 5) is 59.0. The minimum absolute atomic E-state index is 0.0452. The van der Waals surface area contributed by atoms with Gasteiger partial charge in [-0.05, 0) is 40.0 Å². The number of benzene rings is 2. The summed E-state index contributed by atoms with van der Waals surface area (Å²) in [5.74, 6) is -3.29. The lowest BCUT2D eigenvalue weighted by Crippen LogP contribution is -2.47. The second-order valence-electron chi connectivity index (χ2n) is 7.09. The lowest BCUT2D eigenvalue weighted by atomic mass is 10.0. The number of nitro benzene ring substituents is 1. The highest BCUT2D eigenvalue weighted by Crippen LogP contribution is 2.16. The van der Waals surface area contributed by atoms with E-state index in [1.807, 2.05) is 5.43 Å². The standard InChI is InChI=1S/C21H21BrN4O7/c1-12(2)18(23-20(29)15-8-3-4-9-16(15)22)21(30)33-11-17(27)24-25-19(28)13-6-5-7-14(10-13)26(31)32/h3-10,12,18H,11H2,1-2H3,(H,23,29)(H,24,27)(H,25,28)/t18-/m0/s1. The summed E-state index contributed by atoms with van der Waals surface area (Å²) >= 11 is 3.27. The molecule has 2 rings (SSSR count). The third-order valence-corrected chi connectivity index (χ3v) is 5.00. The van der Waals surface area contributed by atoms with Gasteiger partial charge >= 0.3 is 5.97 Å². The van der Waals surface area contributed by atoms with E-state index in [9.17, 15) is 29.3 Å². The molecule has 0 heterocycles. The van der Waals surface area contributed by atoms with Crippen LogP contribution in [0.4, 0.5) is 5.69 Å². The van der Waals surface area contributed by atoms with Gasteiger partial charge in [0.15, 0.2) is 6.61 Å². The van der Waals surface area contributed by atoms with Gasteiger partial charge < -0.3 is 10.1 Å². The Morgan fingerprint density at radius 2 is 1.73 bits per heavy atom. The van der Waals surface area contributed by atoms with Gasteiger partial charge in [0.2, 0.25) is 0 Å². The highest BCUT2D eigenvalue weighted by molar-refractivity contribution is 9.10. The van der Waals surface area contributed by atoms with Gasteiger partial charge in [0.1, 0.15) is 6.04 Å². The molecule has 0 bridgehead atoms. The van der Waals surface area contributed by atoms with E-state index in [4.69, 9.17) is 4.74 Å². The first-order chi connectivity index (χ1) is 15.6. The molecule has 2 aromatic carbocycles. The minimum Gasteiger partial charge on any atom is -0.454 e. The average molecular weight is 521 g/mol. The van der Waals surface area contributed by atoms with Crippen LogP contribution in [0.1, 0.15) is 34.6 Å². The number of amides is 3. The van der Waals surface area contributed by atoms with Gasteiger partial charge in [0, 0.05) is 22.2 Å². The molecule has 0 aromatic heterocycles. The van der Waals surface area contributed by atoms with Crippen molar-refractivity contribution in [1.82, 2.24) is 16.2 Å². The molecule has 12 heteroatoms. The number of hydrogen-bond acceptors (Lipinski definition) is 7. The lowest BCUT2D eigenvalue weighted by molar-refractivity contribution is -0.384. The van der Waals surface area contributed by atoms with Crippen molar-refractivity contribution in [3.05, 3.63) is 74.2 Å². The zero-order chi connectivity index (χ0) is 24.5. The Bertz CT molecular complexity index is 1070. The van der Waals surface area contributed by atoms with Gasteiger partial charge in [-0.2, -0.15) is 0 Å². The topological polar surface area (TPSA) is 157 Å². The maximum Gasteiger partial charge on any atom is 0.329 e. The second-order valence-corrected chi connectivity index (χ2v) is 7.95. The number of halogens is 1. The van der Waals surface area contributed by atoms with Crippen LogP contribution >= 0.6 is 15.9 Å². The van der Waals surface area contributed by atoms with Crippen LogP contribution in [0.15, 0.2) is 53.0 Å². The third-order valence-electron chi connectivity index (χ3n) is 4.31. The summed E-state index contributed by atoms with van der Waals surface area (Å²) in [6, 6.07) is 10.6. The van der Waals surface area contributed by atoms with E-state index in [0.29, 0.717) is 10.0 Å². The first-order valence-corrected chi connectivity index (χ1v) is 10.4. The van der Waals surface area contributed by atoms with E-state index < -0.39 is 41.3 Å². The molecule has 0 aliphatic carbocycles. The fourth-order valence-corrected chi connectivity index (χ4v) is 3.05. The fourth-order valence-electron chi connectivity index (χ4n) is 2.58. The molecule has 0 spiro atoms. The average Bonchev–Trinajstić information content (AvgIpc) is 2.79. The van der Waals surface area contributed by atoms with Crippen LogP contribution in [-0.2, 0) is 14.3 Å². The van der Waals surface area contributed by atoms with E-state index in [0.717, 1.165) is 6.07 Å². The predicted octanol–water partition coefficient (Wildman–Crippen LogP) is 2.12. The molecule has 11 nitrogen and oxygen atoms in total. The van der Waals surface area contributed by atoms with Crippen molar-refractivity contribution in [3.8, 4) is 0 Å². The number of nitrogens with one attached hydrogen (secondary N) is 3. The van der Waals surface area contributed by atoms with E-state index >= 15 is 0 Å². The maximum absolute atomic E-state index is 12.5. The van der Waals surface area contributed by atoms with Crippen LogP contribution in [-0.4, -0.2) is 41.3 Å². The molecule has 0 aliphatic heterocycles. The van der Waals surface area contributed by atoms with Gasteiger partial charge in [-0.15, -0.1) is 0 Å². The van der Waals surface area contributed by atoms with Crippen LogP contribution < -0.4 is 16.2 Å². The molecular weight excluding hydrogens is 500 g/mol. The van der Waals surface area contributed by atoms with E-state index in [1.54, 1.807) is 38.1 Å². The van der Waals surface area contributed by atoms with Gasteiger partial charge in [-0.25, -0.2) is 4.79 Å². The van der Waals surface area contributed by atoms with Gasteiger partial charge in [0.05, 0.1) is 10.5 Å². The molecule has 174 valence electrons. The van der Waals surface area contributed by atoms with Crippen molar-refractivity contribution in [2.45, 2.75) is 19.9 Å². The fraction of sp³-hybridized carbons (Fsp3) is 0.238. The van der Waals surface area contributed by atoms with Crippen LogP contribution in [0, 0.1) is 16.0 Å². The number of carbonyl (C=O) groups is 4. The number of nitro groups is 1. The number of ether oxygens (including phenoxy) is 1. The summed E-state index contributed by atoms with van der Waals surface area (Å²) in [7, 11) is 0. The van der Waals surface area contributed by atoms with Crippen molar-refractivity contribution in [2.24, 2.45) is 5.92 Å². The quantitative estimate of drug-likeness (QED) is 0.273. The number of non-ortho nitro benzene ring substituents is 1. The smallest absolute Gasteiger partial charge is 0.329 e. The predicted molar refractivity (Wildman–Crippen MR) is 120 cm³/mol. The number of hydrazine groups is 1. The van der Waals surface area contributed by atoms with E-state index in [1.165, 1.54) is 18.2 Å². The molecule has 2 aromatic rings. The second kappa shape index (κ2) is 11.7. The number of esters is 1. The number of hydrogen-bond donors (Lipinski definition) is 3. The molecule has 0 aliphatic rings. The monoisotopic (exact) mass is 520 g/mol. The Hall–Kier alpha value is -3.80. The molecule has 0 saturated heterocycles. The first kappa shape index (κ1) is 25.5. The number of carbonyl (C=O) groups excluding carboxylic acids is 4. The first-order valence-electron chi connectivity index (χ1n) is 9.65.